The van der Waals surface area contributed by atoms with Crippen molar-refractivity contribution in [3.8, 4) is 17.1 Å². The molecule has 4 aromatic rings. The van der Waals surface area contributed by atoms with Crippen LogP contribution in [0.25, 0.3) is 22.2 Å². The van der Waals surface area contributed by atoms with Crippen molar-refractivity contribution in [2.24, 2.45) is 0 Å². The molecule has 5 nitrogen and oxygen atoms in total. The van der Waals surface area contributed by atoms with Gasteiger partial charge in [0.2, 0.25) is 0 Å². The zero-order valence-electron chi connectivity index (χ0n) is 16.3. The monoisotopic (exact) mass is 403 g/mol. The van der Waals surface area contributed by atoms with Gasteiger partial charge in [-0.2, -0.15) is 0 Å². The Morgan fingerprint density at radius 3 is 2.55 bits per heavy atom. The summed E-state index contributed by atoms with van der Waals surface area (Å²) in [5.74, 6) is 1.87. The van der Waals surface area contributed by atoms with E-state index in [9.17, 15) is 4.79 Å². The van der Waals surface area contributed by atoms with Gasteiger partial charge in [-0.1, -0.05) is 60.3 Å². The molecule has 3 aromatic carbocycles. The Bertz CT molecular complexity index is 1170. The van der Waals surface area contributed by atoms with Crippen LogP contribution >= 0.6 is 11.8 Å². The molecule has 0 atom stereocenters. The second-order valence-electron chi connectivity index (χ2n) is 6.52. The molecule has 29 heavy (non-hydrogen) atoms. The van der Waals surface area contributed by atoms with E-state index in [1.165, 1.54) is 11.8 Å². The predicted molar refractivity (Wildman–Crippen MR) is 117 cm³/mol. The Kier molecular flexibility index (Phi) is 5.62. The van der Waals surface area contributed by atoms with Gasteiger partial charge in [-0.15, -0.1) is 10.2 Å². The van der Waals surface area contributed by atoms with E-state index in [4.69, 9.17) is 4.74 Å². The SMILES string of the molecule is CCn1c(SCC(=O)c2ccc3ccccc3c2)nnc1-c1ccccc1OC. The number of hydrogen-bond acceptors (Lipinski definition) is 5. The van der Waals surface area contributed by atoms with E-state index in [-0.39, 0.29) is 5.78 Å². The van der Waals surface area contributed by atoms with Gasteiger partial charge in [0.05, 0.1) is 18.4 Å². The third-order valence-electron chi connectivity index (χ3n) is 4.78. The van der Waals surface area contributed by atoms with Crippen molar-refractivity contribution in [1.82, 2.24) is 14.8 Å². The van der Waals surface area contributed by atoms with E-state index in [1.807, 2.05) is 78.2 Å². The number of fused-ring (bicyclic) bond motifs is 1. The Morgan fingerprint density at radius 1 is 1.00 bits per heavy atom. The predicted octanol–water partition coefficient (Wildman–Crippen LogP) is 5.10. The number of thioether (sulfide) groups is 1. The van der Waals surface area contributed by atoms with E-state index in [1.54, 1.807) is 7.11 Å². The molecule has 0 unspecified atom stereocenters. The highest BCUT2D eigenvalue weighted by Gasteiger charge is 2.17. The number of aromatic nitrogens is 3. The van der Waals surface area contributed by atoms with Gasteiger partial charge in [0.25, 0.3) is 0 Å². The summed E-state index contributed by atoms with van der Waals surface area (Å²) in [4.78, 5) is 12.7. The minimum absolute atomic E-state index is 0.0743. The van der Waals surface area contributed by atoms with Gasteiger partial charge >= 0.3 is 0 Å². The maximum absolute atomic E-state index is 12.7. The smallest absolute Gasteiger partial charge is 0.191 e. The minimum Gasteiger partial charge on any atom is -0.496 e. The summed E-state index contributed by atoms with van der Waals surface area (Å²) in [6, 6.07) is 21.6. The van der Waals surface area contributed by atoms with Gasteiger partial charge in [0.1, 0.15) is 5.75 Å². The molecule has 0 saturated carbocycles. The number of para-hydroxylation sites is 1. The highest BCUT2D eigenvalue weighted by molar-refractivity contribution is 7.99. The van der Waals surface area contributed by atoms with Crippen molar-refractivity contribution in [3.05, 3.63) is 72.3 Å². The first kappa shape index (κ1) is 19.2. The molecule has 0 aliphatic carbocycles. The molecule has 0 bridgehead atoms. The van der Waals surface area contributed by atoms with Crippen molar-refractivity contribution >= 4 is 28.3 Å². The number of ether oxygens (including phenoxy) is 1. The van der Waals surface area contributed by atoms with Crippen molar-refractivity contribution < 1.29 is 9.53 Å². The number of nitrogens with zero attached hydrogens (tertiary/aromatic N) is 3. The van der Waals surface area contributed by atoms with Gasteiger partial charge in [-0.05, 0) is 35.9 Å². The lowest BCUT2D eigenvalue weighted by Gasteiger charge is -2.10. The van der Waals surface area contributed by atoms with Crippen molar-refractivity contribution in [2.75, 3.05) is 12.9 Å². The van der Waals surface area contributed by atoms with Crippen LogP contribution in [0.2, 0.25) is 0 Å². The molecule has 146 valence electrons. The van der Waals surface area contributed by atoms with Crippen LogP contribution < -0.4 is 4.74 Å². The maximum Gasteiger partial charge on any atom is 0.191 e. The van der Waals surface area contributed by atoms with Crippen LogP contribution in [0.4, 0.5) is 0 Å². The van der Waals surface area contributed by atoms with E-state index in [0.29, 0.717) is 17.9 Å². The Hall–Kier alpha value is -3.12. The number of carbonyl (C=O) groups excluding carboxylic acids is 1. The molecule has 0 saturated heterocycles. The van der Waals surface area contributed by atoms with E-state index in [0.717, 1.165) is 33.1 Å². The molecule has 1 heterocycles. The molecule has 0 N–H and O–H groups in total. The molecule has 6 heteroatoms. The summed E-state index contributed by atoms with van der Waals surface area (Å²) in [7, 11) is 1.64. The summed E-state index contributed by atoms with van der Waals surface area (Å²) in [6.07, 6.45) is 0. The molecule has 4 rings (SSSR count). The van der Waals surface area contributed by atoms with Crippen LogP contribution in [0, 0.1) is 0 Å². The number of methoxy groups -OCH3 is 1. The lowest BCUT2D eigenvalue weighted by molar-refractivity contribution is 0.102. The number of rotatable bonds is 7. The van der Waals surface area contributed by atoms with Crippen molar-refractivity contribution in [1.29, 1.82) is 0 Å². The van der Waals surface area contributed by atoms with E-state index < -0.39 is 0 Å². The average Bonchev–Trinajstić information content (AvgIpc) is 3.19. The van der Waals surface area contributed by atoms with Gasteiger partial charge in [0, 0.05) is 12.1 Å². The van der Waals surface area contributed by atoms with Crippen molar-refractivity contribution in [2.45, 2.75) is 18.6 Å². The number of Topliss-reactive ketones (excluding diaryl/α,β-unsaturated/α-hetero) is 1. The Morgan fingerprint density at radius 2 is 1.76 bits per heavy atom. The standard InChI is InChI=1S/C23H21N3O2S/c1-3-26-22(19-10-6-7-11-21(19)28-2)24-25-23(26)29-15-20(27)18-13-12-16-8-4-5-9-17(16)14-18/h4-14H,3,15H2,1-2H3. The molecule has 0 aliphatic rings. The molecule has 0 fully saturated rings. The van der Waals surface area contributed by atoms with Crippen LogP contribution in [0.5, 0.6) is 5.75 Å². The summed E-state index contributed by atoms with van der Waals surface area (Å²) < 4.78 is 7.47. The van der Waals surface area contributed by atoms with Crippen LogP contribution in [0.1, 0.15) is 17.3 Å². The van der Waals surface area contributed by atoms with Gasteiger partial charge in [0.15, 0.2) is 16.8 Å². The first-order valence-corrected chi connectivity index (χ1v) is 10.4. The lowest BCUT2D eigenvalue weighted by Crippen LogP contribution is -2.05. The highest BCUT2D eigenvalue weighted by Crippen LogP contribution is 2.31. The molecule has 0 radical (unpaired) electrons. The molecule has 1 aromatic heterocycles. The van der Waals surface area contributed by atoms with Gasteiger partial charge in [-0.3, -0.25) is 4.79 Å². The lowest BCUT2D eigenvalue weighted by atomic mass is 10.1. The number of carbonyl (C=O) groups is 1. The van der Waals surface area contributed by atoms with Crippen LogP contribution in [-0.2, 0) is 6.54 Å². The zero-order valence-corrected chi connectivity index (χ0v) is 17.1. The van der Waals surface area contributed by atoms with E-state index >= 15 is 0 Å². The fraction of sp³-hybridized carbons (Fsp3) is 0.174. The average molecular weight is 404 g/mol. The summed E-state index contributed by atoms with van der Waals surface area (Å²) in [5.41, 5.74) is 1.60. The minimum atomic E-state index is 0.0743. The van der Waals surface area contributed by atoms with Crippen LogP contribution in [0.15, 0.2) is 71.9 Å². The number of hydrogen-bond donors (Lipinski definition) is 0. The van der Waals surface area contributed by atoms with Gasteiger partial charge < -0.3 is 9.30 Å². The topological polar surface area (TPSA) is 57.0 Å². The Balaban J connectivity index is 1.55. The van der Waals surface area contributed by atoms with Crippen LogP contribution in [-0.4, -0.2) is 33.4 Å². The van der Waals surface area contributed by atoms with Crippen molar-refractivity contribution in [3.63, 3.8) is 0 Å². The molecular formula is C23H21N3O2S. The maximum atomic E-state index is 12.7. The molecular weight excluding hydrogens is 382 g/mol. The fourth-order valence-electron chi connectivity index (χ4n) is 3.29. The third kappa shape index (κ3) is 3.89. The molecule has 0 aliphatic heterocycles. The van der Waals surface area contributed by atoms with E-state index in [2.05, 4.69) is 10.2 Å². The second-order valence-corrected chi connectivity index (χ2v) is 7.47. The molecule has 0 spiro atoms. The Labute approximate surface area is 173 Å². The highest BCUT2D eigenvalue weighted by atomic mass is 32.2. The largest absolute Gasteiger partial charge is 0.496 e. The summed E-state index contributed by atoms with van der Waals surface area (Å²) in [6.45, 7) is 2.74. The second kappa shape index (κ2) is 8.49. The summed E-state index contributed by atoms with van der Waals surface area (Å²) >= 11 is 1.41. The third-order valence-corrected chi connectivity index (χ3v) is 5.75. The van der Waals surface area contributed by atoms with Gasteiger partial charge in [-0.25, -0.2) is 0 Å². The van der Waals surface area contributed by atoms with Crippen LogP contribution in [0.3, 0.4) is 0 Å². The first-order chi connectivity index (χ1) is 14.2. The molecule has 0 amide bonds. The first-order valence-electron chi connectivity index (χ1n) is 9.42. The zero-order chi connectivity index (χ0) is 20.2. The quantitative estimate of drug-likeness (QED) is 0.317. The fourth-order valence-corrected chi connectivity index (χ4v) is 4.18. The normalized spacial score (nSPS) is 11.0. The number of benzene rings is 3. The summed E-state index contributed by atoms with van der Waals surface area (Å²) in [5, 5.41) is 11.6. The number of ketones is 1.